The van der Waals surface area contributed by atoms with E-state index in [1.54, 1.807) is 0 Å². The van der Waals surface area contributed by atoms with Crippen LogP contribution in [0.5, 0.6) is 0 Å². The molecular weight excluding hydrogens is 1380 g/mol. The van der Waals surface area contributed by atoms with Crippen molar-refractivity contribution in [1.29, 1.82) is 0 Å². The van der Waals surface area contributed by atoms with Crippen LogP contribution in [-0.4, -0.2) is 96.7 Å². The summed E-state index contributed by atoms with van der Waals surface area (Å²) in [6, 6.07) is 0. The Morgan fingerprint density at radius 1 is 0.255 bits per heavy atom. The Morgan fingerprint density at radius 3 is 0.642 bits per heavy atom. The number of phosphoric acid groups is 2. The lowest BCUT2D eigenvalue weighted by Gasteiger charge is -2.21. The number of carbonyl (C=O) groups is 4. The average Bonchev–Trinajstić information content (AvgIpc) is 0.920. The number of aliphatic hydroxyl groups excluding tert-OH is 1. The monoisotopic (exact) mass is 1550 g/mol. The summed E-state index contributed by atoms with van der Waals surface area (Å²) in [6.07, 6.45) is 70.7. The van der Waals surface area contributed by atoms with E-state index in [4.69, 9.17) is 37.0 Å². The smallest absolute Gasteiger partial charge is 0.462 e. The van der Waals surface area contributed by atoms with E-state index < -0.39 is 97.5 Å². The second kappa shape index (κ2) is 78.3. The molecule has 0 bridgehead atoms. The minimum Gasteiger partial charge on any atom is -0.462 e. The molecular formula is C87H170O17P2. The molecule has 0 amide bonds. The third kappa shape index (κ3) is 80.1. The zero-order chi connectivity index (χ0) is 77.8. The molecule has 106 heavy (non-hydrogen) atoms. The molecule has 0 radical (unpaired) electrons. The highest BCUT2D eigenvalue weighted by Crippen LogP contribution is 2.45. The predicted molar refractivity (Wildman–Crippen MR) is 437 cm³/mol. The van der Waals surface area contributed by atoms with Crippen molar-refractivity contribution in [3.63, 3.8) is 0 Å². The van der Waals surface area contributed by atoms with Crippen LogP contribution in [0.15, 0.2) is 0 Å². The van der Waals surface area contributed by atoms with Crippen LogP contribution in [-0.2, 0) is 65.4 Å². The molecule has 0 fully saturated rings. The fourth-order valence-electron chi connectivity index (χ4n) is 13.6. The summed E-state index contributed by atoms with van der Waals surface area (Å²) in [5, 5.41) is 10.7. The Hall–Kier alpha value is -1.94. The molecule has 0 aromatic carbocycles. The zero-order valence-corrected chi connectivity index (χ0v) is 71.5. The van der Waals surface area contributed by atoms with Crippen LogP contribution in [0.4, 0.5) is 0 Å². The molecule has 0 saturated heterocycles. The van der Waals surface area contributed by atoms with Crippen LogP contribution >= 0.6 is 15.6 Å². The van der Waals surface area contributed by atoms with Gasteiger partial charge >= 0.3 is 39.5 Å². The Morgan fingerprint density at radius 2 is 0.434 bits per heavy atom. The maximum absolute atomic E-state index is 13.2. The van der Waals surface area contributed by atoms with Crippen molar-refractivity contribution in [3.8, 4) is 0 Å². The molecule has 0 heterocycles. The maximum atomic E-state index is 13.2. The first-order valence-corrected chi connectivity index (χ1v) is 48.0. The topological polar surface area (TPSA) is 237 Å². The van der Waals surface area contributed by atoms with E-state index in [2.05, 4.69) is 41.5 Å². The first-order chi connectivity index (χ1) is 51.4. The number of esters is 4. The van der Waals surface area contributed by atoms with E-state index in [1.807, 2.05) is 0 Å². The Kier molecular flexibility index (Phi) is 76.9. The first kappa shape index (κ1) is 104. The number of hydrogen-bond acceptors (Lipinski definition) is 15. The van der Waals surface area contributed by atoms with Gasteiger partial charge in [0.15, 0.2) is 12.2 Å². The SMILES string of the molecule is CCCCCCCCCCCCCCCCCCC(=O)O[C@H](COC(=O)CCCCCCCCCCCCCC)COP(=O)(O)OC[C@H](O)COP(=O)(O)OC[C@@H](COC(=O)CCCCCCCCCCCCCCCCCCC(C)C)OC(=O)CCCCCCCCCCCCCCCCCCC(C)C. The molecule has 0 saturated carbocycles. The molecule has 5 atom stereocenters. The van der Waals surface area contributed by atoms with E-state index in [1.165, 1.54) is 283 Å². The van der Waals surface area contributed by atoms with Gasteiger partial charge in [0, 0.05) is 25.7 Å². The molecule has 3 N–H and O–H groups in total. The third-order valence-electron chi connectivity index (χ3n) is 20.5. The van der Waals surface area contributed by atoms with Crippen molar-refractivity contribution in [2.75, 3.05) is 39.6 Å². The summed E-state index contributed by atoms with van der Waals surface area (Å²) in [6.45, 7) is 9.75. The predicted octanol–water partition coefficient (Wildman–Crippen LogP) is 26.6. The van der Waals surface area contributed by atoms with Gasteiger partial charge in [-0.1, -0.05) is 414 Å². The van der Waals surface area contributed by atoms with Crippen molar-refractivity contribution >= 4 is 39.5 Å². The van der Waals surface area contributed by atoms with Gasteiger partial charge in [0.05, 0.1) is 26.4 Å². The minimum atomic E-state index is -4.97. The van der Waals surface area contributed by atoms with Gasteiger partial charge in [0.1, 0.15) is 19.3 Å². The second-order valence-corrected chi connectivity index (χ2v) is 35.1. The lowest BCUT2D eigenvalue weighted by atomic mass is 10.0. The normalized spacial score (nSPS) is 13.8. The van der Waals surface area contributed by atoms with Crippen LogP contribution in [0, 0.1) is 11.8 Å². The summed E-state index contributed by atoms with van der Waals surface area (Å²) in [4.78, 5) is 73.3. The van der Waals surface area contributed by atoms with E-state index >= 15 is 0 Å². The molecule has 0 aliphatic rings. The lowest BCUT2D eigenvalue weighted by molar-refractivity contribution is -0.161. The highest BCUT2D eigenvalue weighted by molar-refractivity contribution is 7.47. The number of unbranched alkanes of at least 4 members (excludes halogenated alkanes) is 56. The zero-order valence-electron chi connectivity index (χ0n) is 69.7. The number of rotatable bonds is 86. The fourth-order valence-corrected chi connectivity index (χ4v) is 15.2. The second-order valence-electron chi connectivity index (χ2n) is 32.2. The molecule has 19 heteroatoms. The van der Waals surface area contributed by atoms with Gasteiger partial charge in [-0.25, -0.2) is 9.13 Å². The molecule has 0 spiro atoms. The molecule has 0 aliphatic carbocycles. The number of phosphoric ester groups is 2. The van der Waals surface area contributed by atoms with Crippen LogP contribution < -0.4 is 0 Å². The highest BCUT2D eigenvalue weighted by Gasteiger charge is 2.30. The number of hydrogen-bond donors (Lipinski definition) is 3. The van der Waals surface area contributed by atoms with Crippen LogP contribution in [0.1, 0.15) is 465 Å². The van der Waals surface area contributed by atoms with E-state index in [0.717, 1.165) is 102 Å². The summed E-state index contributed by atoms with van der Waals surface area (Å²) in [5.41, 5.74) is 0. The van der Waals surface area contributed by atoms with Gasteiger partial charge in [-0.2, -0.15) is 0 Å². The third-order valence-corrected chi connectivity index (χ3v) is 22.4. The van der Waals surface area contributed by atoms with Gasteiger partial charge in [0.2, 0.25) is 0 Å². The van der Waals surface area contributed by atoms with Crippen LogP contribution in [0.25, 0.3) is 0 Å². The number of carbonyl (C=O) groups excluding carboxylic acids is 4. The van der Waals surface area contributed by atoms with E-state index in [9.17, 15) is 43.2 Å². The quantitative estimate of drug-likeness (QED) is 0.0222. The van der Waals surface area contributed by atoms with Gasteiger partial charge in [0.25, 0.3) is 0 Å². The lowest BCUT2D eigenvalue weighted by Crippen LogP contribution is -2.30. The van der Waals surface area contributed by atoms with E-state index in [-0.39, 0.29) is 25.7 Å². The van der Waals surface area contributed by atoms with Gasteiger partial charge in [-0.15, -0.1) is 0 Å². The van der Waals surface area contributed by atoms with Gasteiger partial charge < -0.3 is 33.8 Å². The molecule has 0 aliphatic heterocycles. The van der Waals surface area contributed by atoms with Gasteiger partial charge in [-0.3, -0.25) is 37.3 Å². The summed E-state index contributed by atoms with van der Waals surface area (Å²) in [7, 11) is -9.93. The van der Waals surface area contributed by atoms with Crippen molar-refractivity contribution < 1.29 is 80.2 Å². The molecule has 17 nitrogen and oxygen atoms in total. The fraction of sp³-hybridized carbons (Fsp3) is 0.954. The molecule has 0 aromatic rings. The summed E-state index contributed by atoms with van der Waals surface area (Å²) in [5.74, 6) is -0.476. The Labute approximate surface area is 651 Å². The van der Waals surface area contributed by atoms with Crippen LogP contribution in [0.2, 0.25) is 0 Å². The Balaban J connectivity index is 5.25. The molecule has 2 unspecified atom stereocenters. The largest absolute Gasteiger partial charge is 0.472 e. The van der Waals surface area contributed by atoms with Crippen molar-refractivity contribution in [2.24, 2.45) is 11.8 Å². The van der Waals surface area contributed by atoms with Crippen LogP contribution in [0.3, 0.4) is 0 Å². The number of aliphatic hydroxyl groups is 1. The summed E-state index contributed by atoms with van der Waals surface area (Å²) >= 11 is 0. The van der Waals surface area contributed by atoms with Crippen molar-refractivity contribution in [3.05, 3.63) is 0 Å². The van der Waals surface area contributed by atoms with E-state index in [0.29, 0.717) is 25.7 Å². The van der Waals surface area contributed by atoms with Crippen molar-refractivity contribution in [1.82, 2.24) is 0 Å². The molecule has 0 rings (SSSR count). The highest BCUT2D eigenvalue weighted by atomic mass is 31.2. The first-order valence-electron chi connectivity index (χ1n) is 45.0. The maximum Gasteiger partial charge on any atom is 0.472 e. The van der Waals surface area contributed by atoms with Gasteiger partial charge in [-0.05, 0) is 37.5 Å². The average molecular weight is 1550 g/mol. The molecule has 0 aromatic heterocycles. The standard InChI is InChI=1S/C87H170O17P2/c1-7-9-11-13-15-17-19-21-22-29-35-41-47-53-59-65-71-86(91)103-82(75-97-84(89)69-63-57-51-45-39-20-18-16-14-12-10-8-2)77-101-105(93,94)99-73-81(88)74-100-106(95,96)102-78-83(104-87(92)72-66-60-54-48-42-36-31-26-24-28-33-38-44-50-56-62-68-80(5)6)76-98-85(90)70-64-58-52-46-40-34-30-25-23-27-32-37-43-49-55-61-67-79(3)4/h79-83,88H,7-78H2,1-6H3,(H,93,94)(H,95,96)/t81-,82+,83+/m0/s1. The summed E-state index contributed by atoms with van der Waals surface area (Å²) < 4.78 is 69.0. The minimum absolute atomic E-state index is 0.109. The number of ether oxygens (including phenoxy) is 4. The van der Waals surface area contributed by atoms with Crippen molar-refractivity contribution in [2.45, 2.75) is 484 Å². The Bertz CT molecular complexity index is 2030. The molecule has 630 valence electrons.